The standard InChI is InChI=1S/C57H82N8O10/c1-9-36(4)52(63(6)57(73)50(35(2)3)62-56(72)51-40-23-26-42(32-40)59-51)45(74-7)33-49(69)64-30-16-19-44(64)53(75-8)37(5)54(70)61-43(31-38-17-12-10-13-18-38)55(71)60-41-24-21-39(22-25-41)34-58-46(66)20-14-11-15-29-65-47(67)27-28-48(65)68/h10,12-13,17-18,21-22,24-25,27-28,35-37,40,42-45,50-53,59H,9,11,14-16,19-20,23,26,29-34H2,1-8H3,(H,58,66)(H,60,71)(H,61,70)(H,62,72)/t36-,37+,40-,42-,43-,44-,45+,50-,51-,52-,53+/m0/s1. The summed E-state index contributed by atoms with van der Waals surface area (Å²) in [5, 5.41) is 15.4. The average Bonchev–Trinajstić information content (AvgIpc) is 4.24. The Bertz CT molecular complexity index is 2310. The third-order valence-corrected chi connectivity index (χ3v) is 15.9. The van der Waals surface area contributed by atoms with E-state index in [-0.39, 0.29) is 78.6 Å². The maximum atomic E-state index is 14.5. The summed E-state index contributed by atoms with van der Waals surface area (Å²) >= 11 is 0. The number of likely N-dealkylation sites (N-methyl/N-ethyl adjacent to an activating group) is 1. The number of anilines is 1. The minimum Gasteiger partial charge on any atom is -0.379 e. The number of rotatable bonds is 28. The highest BCUT2D eigenvalue weighted by Gasteiger charge is 2.46. The maximum Gasteiger partial charge on any atom is 0.253 e. The fourth-order valence-electron chi connectivity index (χ4n) is 11.4. The van der Waals surface area contributed by atoms with Gasteiger partial charge in [-0.1, -0.05) is 89.9 Å². The number of likely N-dealkylation sites (tertiary alicyclic amines) is 1. The van der Waals surface area contributed by atoms with Gasteiger partial charge in [0.25, 0.3) is 11.8 Å². The van der Waals surface area contributed by atoms with E-state index in [9.17, 15) is 38.4 Å². The Kier molecular flexibility index (Phi) is 21.5. The summed E-state index contributed by atoms with van der Waals surface area (Å²) in [4.78, 5) is 111. The molecule has 5 N–H and O–H groups in total. The predicted octanol–water partition coefficient (Wildman–Crippen LogP) is 4.66. The topological polar surface area (TPSA) is 225 Å². The van der Waals surface area contributed by atoms with E-state index in [1.54, 1.807) is 55.1 Å². The highest BCUT2D eigenvalue weighted by molar-refractivity contribution is 6.12. The molecule has 75 heavy (non-hydrogen) atoms. The van der Waals surface area contributed by atoms with Crippen molar-refractivity contribution in [2.45, 2.75) is 167 Å². The van der Waals surface area contributed by atoms with Crippen LogP contribution >= 0.6 is 0 Å². The Morgan fingerprint density at radius 2 is 1.53 bits per heavy atom. The SMILES string of the molecule is CC[C@H](C)[C@@H]([C@@H](CC(=O)N1CCC[C@H]1[C@H](OC)[C@@H](C)C(=O)N[C@@H](Cc1ccccc1)C(=O)Nc1ccc(CNC(=O)CCCCCN2C(=O)C=CC2=O)cc1)OC)N(C)C(=O)[C@@H](NC(=O)[C@H]1N[C@H]2CC[C@H]1C2)C(C)C. The van der Waals surface area contributed by atoms with Crippen molar-refractivity contribution in [2.24, 2.45) is 23.7 Å². The van der Waals surface area contributed by atoms with Gasteiger partial charge in [-0.2, -0.15) is 0 Å². The van der Waals surface area contributed by atoms with Gasteiger partial charge in [-0.3, -0.25) is 43.3 Å². The summed E-state index contributed by atoms with van der Waals surface area (Å²) < 4.78 is 12.2. The molecule has 2 bridgehead atoms. The first-order chi connectivity index (χ1) is 35.9. The fourth-order valence-corrected chi connectivity index (χ4v) is 11.4. The van der Waals surface area contributed by atoms with Crippen molar-refractivity contribution in [1.82, 2.24) is 36.0 Å². The van der Waals surface area contributed by atoms with Crippen LogP contribution < -0.4 is 26.6 Å². The second kappa shape index (κ2) is 27.7. The van der Waals surface area contributed by atoms with E-state index >= 15 is 0 Å². The van der Waals surface area contributed by atoms with E-state index in [4.69, 9.17) is 9.47 Å². The fraction of sp³-hybridized carbons (Fsp3) is 0.614. The van der Waals surface area contributed by atoms with Gasteiger partial charge in [-0.05, 0) is 86.0 Å². The Hall–Kier alpha value is -5.98. The number of fused-ring (bicyclic) bond motifs is 2. The van der Waals surface area contributed by atoms with Crippen LogP contribution in [0.4, 0.5) is 5.69 Å². The van der Waals surface area contributed by atoms with Gasteiger partial charge in [0.15, 0.2) is 0 Å². The minimum atomic E-state index is -0.967. The number of amides is 8. The van der Waals surface area contributed by atoms with E-state index in [0.717, 1.165) is 30.4 Å². The van der Waals surface area contributed by atoms with Gasteiger partial charge in [-0.15, -0.1) is 0 Å². The van der Waals surface area contributed by atoms with Crippen LogP contribution in [-0.2, 0) is 60.8 Å². The summed E-state index contributed by atoms with van der Waals surface area (Å²) in [6.07, 6.45) is 8.62. The molecular weight excluding hydrogens is 957 g/mol. The molecule has 3 fully saturated rings. The van der Waals surface area contributed by atoms with Crippen molar-refractivity contribution in [1.29, 1.82) is 0 Å². The number of piperidine rings is 1. The highest BCUT2D eigenvalue weighted by Crippen LogP contribution is 2.36. The largest absolute Gasteiger partial charge is 0.379 e. The van der Waals surface area contributed by atoms with Gasteiger partial charge < -0.3 is 45.9 Å². The summed E-state index contributed by atoms with van der Waals surface area (Å²) in [6, 6.07) is 13.9. The molecule has 3 aliphatic heterocycles. The van der Waals surface area contributed by atoms with Crippen molar-refractivity contribution in [3.63, 3.8) is 0 Å². The highest BCUT2D eigenvalue weighted by atomic mass is 16.5. The number of benzene rings is 2. The van der Waals surface area contributed by atoms with Crippen molar-refractivity contribution in [3.05, 3.63) is 77.9 Å². The minimum absolute atomic E-state index is 0.0198. The monoisotopic (exact) mass is 1040 g/mol. The van der Waals surface area contributed by atoms with Crippen molar-refractivity contribution in [3.8, 4) is 0 Å². The van der Waals surface area contributed by atoms with Gasteiger partial charge in [0.05, 0.1) is 42.7 Å². The number of ether oxygens (including phenoxy) is 2. The molecule has 18 heteroatoms. The number of carbonyl (C=O) groups is 8. The zero-order valence-electron chi connectivity index (χ0n) is 45.3. The molecule has 1 saturated carbocycles. The lowest BCUT2D eigenvalue weighted by molar-refractivity contribution is -0.148. The van der Waals surface area contributed by atoms with Crippen LogP contribution in [0.3, 0.4) is 0 Å². The lowest BCUT2D eigenvalue weighted by atomic mass is 9.89. The van der Waals surface area contributed by atoms with Crippen LogP contribution in [-0.4, -0.2) is 145 Å². The number of hydrogen-bond donors (Lipinski definition) is 5. The Morgan fingerprint density at radius 1 is 0.827 bits per heavy atom. The molecule has 11 atom stereocenters. The number of nitrogens with one attached hydrogen (secondary N) is 5. The van der Waals surface area contributed by atoms with Gasteiger partial charge in [0, 0.05) is 77.6 Å². The van der Waals surface area contributed by atoms with Crippen LogP contribution in [0.1, 0.15) is 116 Å². The molecule has 0 radical (unpaired) electrons. The normalized spacial score (nSPS) is 21.8. The molecule has 2 aromatic rings. The predicted molar refractivity (Wildman–Crippen MR) is 284 cm³/mol. The van der Waals surface area contributed by atoms with E-state index in [1.807, 2.05) is 58.0 Å². The van der Waals surface area contributed by atoms with E-state index < -0.39 is 54.1 Å². The molecular formula is C57H82N8O10. The molecule has 4 aliphatic rings. The Balaban J connectivity index is 1.04. The molecule has 1 aliphatic carbocycles. The quantitative estimate of drug-likeness (QED) is 0.0583. The molecule has 0 aromatic heterocycles. The molecule has 0 unspecified atom stereocenters. The summed E-state index contributed by atoms with van der Waals surface area (Å²) in [7, 11) is 4.81. The van der Waals surface area contributed by atoms with Gasteiger partial charge in [0.1, 0.15) is 12.1 Å². The first-order valence-electron chi connectivity index (χ1n) is 27.2. The lowest BCUT2D eigenvalue weighted by Gasteiger charge is -2.41. The Labute approximate surface area is 443 Å². The molecule has 410 valence electrons. The average molecular weight is 1040 g/mol. The molecule has 2 aromatic carbocycles. The molecule has 0 spiro atoms. The second-order valence-corrected chi connectivity index (χ2v) is 21.4. The smallest absolute Gasteiger partial charge is 0.253 e. The number of methoxy groups -OCH3 is 2. The van der Waals surface area contributed by atoms with Crippen LogP contribution in [0, 0.1) is 23.7 Å². The zero-order valence-corrected chi connectivity index (χ0v) is 45.3. The third-order valence-electron chi connectivity index (χ3n) is 15.9. The van der Waals surface area contributed by atoms with Crippen LogP contribution in [0.15, 0.2) is 66.7 Å². The van der Waals surface area contributed by atoms with E-state index in [1.165, 1.54) is 24.2 Å². The first-order valence-corrected chi connectivity index (χ1v) is 27.2. The summed E-state index contributed by atoms with van der Waals surface area (Å²) in [6.45, 7) is 10.7. The first kappa shape index (κ1) is 58.3. The van der Waals surface area contributed by atoms with E-state index in [0.29, 0.717) is 69.8 Å². The number of unbranched alkanes of at least 4 members (excludes halogenated alkanes) is 2. The van der Waals surface area contributed by atoms with Gasteiger partial charge >= 0.3 is 0 Å². The number of nitrogens with zero attached hydrogens (tertiary/aromatic N) is 3. The zero-order chi connectivity index (χ0) is 54.3. The molecule has 2 saturated heterocycles. The second-order valence-electron chi connectivity index (χ2n) is 21.4. The number of carbonyl (C=O) groups excluding carboxylic acids is 8. The maximum absolute atomic E-state index is 14.5. The van der Waals surface area contributed by atoms with Crippen LogP contribution in [0.25, 0.3) is 0 Å². The van der Waals surface area contributed by atoms with Crippen molar-refractivity contribution in [2.75, 3.05) is 39.7 Å². The summed E-state index contributed by atoms with van der Waals surface area (Å²) in [5.41, 5.74) is 2.17. The van der Waals surface area contributed by atoms with Crippen molar-refractivity contribution >= 4 is 52.9 Å². The van der Waals surface area contributed by atoms with Gasteiger partial charge in [0.2, 0.25) is 35.4 Å². The third kappa shape index (κ3) is 15.3. The van der Waals surface area contributed by atoms with Crippen LogP contribution in [0.5, 0.6) is 0 Å². The van der Waals surface area contributed by atoms with Gasteiger partial charge in [-0.25, -0.2) is 0 Å². The lowest BCUT2D eigenvalue weighted by Crippen LogP contribution is -2.60. The van der Waals surface area contributed by atoms with Crippen molar-refractivity contribution < 1.29 is 47.8 Å². The molecule has 6 rings (SSSR count). The Morgan fingerprint density at radius 3 is 2.15 bits per heavy atom. The van der Waals surface area contributed by atoms with Crippen LogP contribution in [0.2, 0.25) is 0 Å². The number of imide groups is 1. The summed E-state index contributed by atoms with van der Waals surface area (Å²) in [5.74, 6) is -2.87. The number of hydrogen-bond acceptors (Lipinski definition) is 11. The molecule has 3 heterocycles. The molecule has 8 amide bonds. The van der Waals surface area contributed by atoms with E-state index in [2.05, 4.69) is 26.6 Å². The molecule has 18 nitrogen and oxygen atoms in total.